The largest absolute Gasteiger partial charge is 0.504 e. The number of phenolic OH excluding ortho intramolecular Hbond substituents is 1. The van der Waals surface area contributed by atoms with Crippen LogP contribution in [-0.4, -0.2) is 118 Å². The highest BCUT2D eigenvalue weighted by atomic mass is 16.5. The lowest BCUT2D eigenvalue weighted by Crippen LogP contribution is -2.53. The number of rotatable bonds is 14. The number of nitrogen functional groups attached to an aromatic ring is 1. The summed E-state index contributed by atoms with van der Waals surface area (Å²) in [5.74, 6) is -4.85. The molecule has 12 N–H and O–H groups in total. The summed E-state index contributed by atoms with van der Waals surface area (Å²) >= 11 is 0. The molecule has 1 aliphatic heterocycles. The lowest BCUT2D eigenvalue weighted by molar-refractivity contribution is -0.142. The minimum Gasteiger partial charge on any atom is -0.504 e. The van der Waals surface area contributed by atoms with Crippen LogP contribution in [0.1, 0.15) is 72.9 Å². The quantitative estimate of drug-likeness (QED) is 0.0814. The molecule has 0 saturated carbocycles. The van der Waals surface area contributed by atoms with E-state index in [4.69, 9.17) is 26.7 Å². The number of aromatic nitrogens is 2. The predicted octanol–water partition coefficient (Wildman–Crippen LogP) is 1.69. The molecule has 4 amide bonds. The first-order valence-corrected chi connectivity index (χ1v) is 20.7. The van der Waals surface area contributed by atoms with Gasteiger partial charge in [-0.1, -0.05) is 51.1 Å². The fraction of sp³-hybridized carbons (Fsp3) is 0.400. The van der Waals surface area contributed by atoms with Crippen molar-refractivity contribution in [3.63, 3.8) is 0 Å². The Bertz CT molecular complexity index is 2360. The molecule has 4 atom stereocenters. The first kappa shape index (κ1) is 48.2. The zero-order valence-electron chi connectivity index (χ0n) is 36.7. The molecule has 0 saturated heterocycles. The molecule has 19 heteroatoms. The molecule has 0 unspecified atom stereocenters. The Morgan fingerprint density at radius 3 is 2.30 bits per heavy atom. The number of nitrogens with one attached hydrogen (secondary N) is 3. The highest BCUT2D eigenvalue weighted by Crippen LogP contribution is 2.44. The van der Waals surface area contributed by atoms with E-state index in [9.17, 15) is 39.3 Å². The SMILES string of the molecule is Cc1nc(-c2ccc(C(C)(C)C)cc2)nc(N)c1C(=O)NCC(=O)N(C)[C@@H]1C(=O)N[C@@H](C)C(=O)N[C@H](C(=O)O)Cc2ccc(OCCCN)c(c2)-c2cc1cc(OC[C@H](O)CN)c2O. The van der Waals surface area contributed by atoms with Gasteiger partial charge >= 0.3 is 5.97 Å². The van der Waals surface area contributed by atoms with Crippen LogP contribution >= 0.6 is 0 Å². The molecule has 4 bridgehead atoms. The first-order valence-electron chi connectivity index (χ1n) is 20.7. The minimum absolute atomic E-state index is 0.0480. The Kier molecular flexibility index (Phi) is 15.5. The van der Waals surface area contributed by atoms with Gasteiger partial charge in [-0.25, -0.2) is 14.8 Å². The maximum absolute atomic E-state index is 14.4. The van der Waals surface area contributed by atoms with E-state index in [1.165, 1.54) is 26.1 Å². The molecule has 5 rings (SSSR count). The van der Waals surface area contributed by atoms with Crippen LogP contribution < -0.4 is 42.6 Å². The van der Waals surface area contributed by atoms with Crippen molar-refractivity contribution >= 4 is 35.4 Å². The number of ether oxygens (including phenoxy) is 2. The number of amides is 4. The fourth-order valence-electron chi connectivity index (χ4n) is 6.94. The Labute approximate surface area is 370 Å². The molecule has 0 spiro atoms. The second-order valence-electron chi connectivity index (χ2n) is 16.6. The van der Waals surface area contributed by atoms with E-state index in [0.29, 0.717) is 29.9 Å². The second kappa shape index (κ2) is 20.6. The van der Waals surface area contributed by atoms with Crippen molar-refractivity contribution in [2.45, 2.75) is 77.1 Å². The number of aryl methyl sites for hydroxylation is 1. The standard InChI is InChI=1S/C45H57N9O10/c1-23-36(39(48)53-40(50-23)26-9-11-28(12-10-26)45(3,4)5)42(59)49-21-35(56)54(6)37-27-18-31(38(57)34(19-27)64-22-29(55)20-47)30-16-25(8-13-33(30)63-15-7-14-46)17-32(44(61)62)52-41(58)24(2)51-43(37)60/h8-13,16,18-19,24,29,32,37,55,57H,7,14-15,17,20-22,46-47H2,1-6H3,(H,49,59)(H,51,60)(H,52,58)(H,61,62)(H2,48,50,53)/t24-,29+,32-,37-/m0/s1. The van der Waals surface area contributed by atoms with E-state index >= 15 is 0 Å². The highest BCUT2D eigenvalue weighted by molar-refractivity contribution is 6.01. The smallest absolute Gasteiger partial charge is 0.326 e. The van der Waals surface area contributed by atoms with Crippen molar-refractivity contribution in [2.24, 2.45) is 11.5 Å². The number of nitrogens with two attached hydrogens (primary N) is 3. The van der Waals surface area contributed by atoms with Crippen LogP contribution in [0.15, 0.2) is 54.6 Å². The predicted molar refractivity (Wildman–Crippen MR) is 237 cm³/mol. The number of aromatic hydroxyl groups is 1. The number of benzene rings is 3. The van der Waals surface area contributed by atoms with Gasteiger partial charge < -0.3 is 62.8 Å². The molecular weight excluding hydrogens is 827 g/mol. The molecule has 2 heterocycles. The average Bonchev–Trinajstić information content (AvgIpc) is 3.24. The maximum atomic E-state index is 14.4. The molecule has 19 nitrogen and oxygen atoms in total. The van der Waals surface area contributed by atoms with Gasteiger partial charge in [-0.2, -0.15) is 0 Å². The normalized spacial score (nSPS) is 17.0. The summed E-state index contributed by atoms with van der Waals surface area (Å²) in [7, 11) is 1.29. The van der Waals surface area contributed by atoms with Gasteiger partial charge in [0.05, 0.1) is 18.8 Å². The summed E-state index contributed by atoms with van der Waals surface area (Å²) in [4.78, 5) is 77.8. The molecule has 64 heavy (non-hydrogen) atoms. The number of carbonyl (C=O) groups is 5. The average molecular weight is 884 g/mol. The lowest BCUT2D eigenvalue weighted by Gasteiger charge is -2.30. The van der Waals surface area contributed by atoms with E-state index in [-0.39, 0.29) is 76.9 Å². The van der Waals surface area contributed by atoms with Gasteiger partial charge in [0.2, 0.25) is 17.7 Å². The summed E-state index contributed by atoms with van der Waals surface area (Å²) in [6.07, 6.45) is -0.879. The summed E-state index contributed by atoms with van der Waals surface area (Å²) in [5, 5.41) is 39.7. The molecule has 1 aliphatic rings. The van der Waals surface area contributed by atoms with Crippen molar-refractivity contribution in [2.75, 3.05) is 45.6 Å². The van der Waals surface area contributed by atoms with Crippen molar-refractivity contribution in [3.05, 3.63) is 82.5 Å². The number of hydrogen-bond acceptors (Lipinski definition) is 14. The fourth-order valence-corrected chi connectivity index (χ4v) is 6.94. The highest BCUT2D eigenvalue weighted by Gasteiger charge is 2.35. The molecule has 0 radical (unpaired) electrons. The van der Waals surface area contributed by atoms with Crippen molar-refractivity contribution in [1.82, 2.24) is 30.8 Å². The molecule has 0 aliphatic carbocycles. The summed E-state index contributed by atoms with van der Waals surface area (Å²) in [6.45, 7) is 8.48. The Balaban J connectivity index is 1.55. The molecule has 4 aromatic rings. The van der Waals surface area contributed by atoms with Crippen LogP contribution in [0.5, 0.6) is 17.2 Å². The van der Waals surface area contributed by atoms with Crippen LogP contribution in [0.2, 0.25) is 0 Å². The van der Waals surface area contributed by atoms with Gasteiger partial charge in [-0.15, -0.1) is 0 Å². The van der Waals surface area contributed by atoms with Gasteiger partial charge in [0, 0.05) is 36.7 Å². The zero-order chi connectivity index (χ0) is 47.0. The molecule has 0 fully saturated rings. The maximum Gasteiger partial charge on any atom is 0.326 e. The Hall–Kier alpha value is -6.83. The first-order chi connectivity index (χ1) is 30.2. The van der Waals surface area contributed by atoms with Gasteiger partial charge in [0.15, 0.2) is 17.3 Å². The number of phenols is 1. The van der Waals surface area contributed by atoms with E-state index in [1.54, 1.807) is 25.1 Å². The summed E-state index contributed by atoms with van der Waals surface area (Å²) in [6, 6.07) is 10.8. The number of likely N-dealkylation sites (N-methyl/N-ethyl adjacent to an activating group) is 1. The van der Waals surface area contributed by atoms with Crippen LogP contribution in [0.3, 0.4) is 0 Å². The van der Waals surface area contributed by atoms with Crippen molar-refractivity contribution in [1.29, 1.82) is 0 Å². The number of fused-ring (bicyclic) bond motifs is 5. The van der Waals surface area contributed by atoms with Crippen molar-refractivity contribution < 1.29 is 48.8 Å². The number of aliphatic carboxylic acids is 1. The van der Waals surface area contributed by atoms with E-state index in [0.717, 1.165) is 10.5 Å². The third-order valence-electron chi connectivity index (χ3n) is 10.6. The topological polar surface area (TPSA) is 308 Å². The van der Waals surface area contributed by atoms with Crippen LogP contribution in [0.25, 0.3) is 22.5 Å². The molecule has 342 valence electrons. The molecule has 1 aromatic heterocycles. The van der Waals surface area contributed by atoms with E-state index in [1.807, 2.05) is 24.3 Å². The third kappa shape index (κ3) is 11.4. The number of anilines is 1. The third-order valence-corrected chi connectivity index (χ3v) is 10.6. The zero-order valence-corrected chi connectivity index (χ0v) is 36.7. The minimum atomic E-state index is -1.58. The van der Waals surface area contributed by atoms with Gasteiger partial charge in [0.1, 0.15) is 48.0 Å². The molecular formula is C45H57N9O10. The van der Waals surface area contributed by atoms with E-state index < -0.39 is 66.1 Å². The number of carboxylic acid groups (broad SMARTS) is 1. The van der Waals surface area contributed by atoms with E-state index in [2.05, 4.69) is 46.7 Å². The van der Waals surface area contributed by atoms with Crippen LogP contribution in [0.4, 0.5) is 5.82 Å². The number of carboxylic acids is 1. The Morgan fingerprint density at radius 1 is 0.969 bits per heavy atom. The number of carbonyl (C=O) groups excluding carboxylic acids is 4. The van der Waals surface area contributed by atoms with Gasteiger partial charge in [0.25, 0.3) is 5.91 Å². The van der Waals surface area contributed by atoms with Gasteiger partial charge in [-0.05, 0) is 73.2 Å². The second-order valence-corrected chi connectivity index (χ2v) is 16.6. The van der Waals surface area contributed by atoms with Gasteiger partial charge in [-0.3, -0.25) is 19.2 Å². The molecule has 3 aromatic carbocycles. The number of nitrogens with zero attached hydrogens (tertiary/aromatic N) is 3. The monoisotopic (exact) mass is 883 g/mol. The lowest BCUT2D eigenvalue weighted by atomic mass is 9.86. The summed E-state index contributed by atoms with van der Waals surface area (Å²) in [5.41, 5.74) is 20.3. The Morgan fingerprint density at radius 2 is 1.67 bits per heavy atom. The van der Waals surface area contributed by atoms with Crippen LogP contribution in [-0.2, 0) is 31.0 Å². The number of hydrogen-bond donors (Lipinski definition) is 9. The van der Waals surface area contributed by atoms with Crippen molar-refractivity contribution in [3.8, 4) is 39.8 Å². The van der Waals surface area contributed by atoms with Crippen LogP contribution in [0, 0.1) is 6.92 Å². The number of aliphatic hydroxyl groups is 1. The number of aliphatic hydroxyl groups excluding tert-OH is 1. The summed E-state index contributed by atoms with van der Waals surface area (Å²) < 4.78 is 11.9.